The molecular formula is C15H12ClFN2O. The van der Waals surface area contributed by atoms with Gasteiger partial charge in [-0.15, -0.1) is 0 Å². The number of nitriles is 1. The van der Waals surface area contributed by atoms with Gasteiger partial charge in [0.25, 0.3) is 0 Å². The largest absolute Gasteiger partial charge is 0.387 e. The topological polar surface area (TPSA) is 56.0 Å². The molecule has 2 aromatic carbocycles. The number of nitrogens with zero attached hydrogens (tertiary/aromatic N) is 1. The number of hydrogen-bond acceptors (Lipinski definition) is 3. The van der Waals surface area contributed by atoms with E-state index in [1.165, 1.54) is 18.2 Å². The van der Waals surface area contributed by atoms with Gasteiger partial charge in [0.2, 0.25) is 0 Å². The number of anilines is 1. The second-order valence-corrected chi connectivity index (χ2v) is 4.69. The van der Waals surface area contributed by atoms with Crippen LogP contribution in [0.15, 0.2) is 42.5 Å². The molecule has 102 valence electrons. The van der Waals surface area contributed by atoms with E-state index in [9.17, 15) is 9.50 Å². The van der Waals surface area contributed by atoms with Gasteiger partial charge in [-0.2, -0.15) is 5.26 Å². The normalized spacial score (nSPS) is 11.7. The molecule has 0 saturated carbocycles. The van der Waals surface area contributed by atoms with Gasteiger partial charge < -0.3 is 10.4 Å². The number of aliphatic hydroxyl groups excluding tert-OH is 1. The maximum absolute atomic E-state index is 13.1. The molecule has 2 N–H and O–H groups in total. The first-order chi connectivity index (χ1) is 9.60. The first-order valence-electron chi connectivity index (χ1n) is 5.97. The van der Waals surface area contributed by atoms with E-state index in [0.29, 0.717) is 21.8 Å². The molecule has 1 atom stereocenters. The van der Waals surface area contributed by atoms with Gasteiger partial charge in [0, 0.05) is 11.6 Å². The summed E-state index contributed by atoms with van der Waals surface area (Å²) in [7, 11) is 0. The Morgan fingerprint density at radius 2 is 2.10 bits per heavy atom. The van der Waals surface area contributed by atoms with Gasteiger partial charge in [-0.3, -0.25) is 0 Å². The molecule has 1 unspecified atom stereocenters. The van der Waals surface area contributed by atoms with Crippen molar-refractivity contribution in [2.24, 2.45) is 0 Å². The molecule has 0 aliphatic carbocycles. The van der Waals surface area contributed by atoms with Crippen molar-refractivity contribution in [2.45, 2.75) is 6.10 Å². The minimum absolute atomic E-state index is 0.151. The van der Waals surface area contributed by atoms with Crippen LogP contribution < -0.4 is 5.32 Å². The molecule has 0 heterocycles. The molecule has 20 heavy (non-hydrogen) atoms. The van der Waals surface area contributed by atoms with Crippen LogP contribution in [0.2, 0.25) is 5.02 Å². The van der Waals surface area contributed by atoms with Crippen LogP contribution in [-0.4, -0.2) is 11.7 Å². The van der Waals surface area contributed by atoms with Gasteiger partial charge >= 0.3 is 0 Å². The zero-order valence-electron chi connectivity index (χ0n) is 10.5. The molecule has 0 spiro atoms. The highest BCUT2D eigenvalue weighted by Gasteiger charge is 2.10. The summed E-state index contributed by atoms with van der Waals surface area (Å²) >= 11 is 5.87. The Bertz CT molecular complexity index is 655. The summed E-state index contributed by atoms with van der Waals surface area (Å²) in [6.45, 7) is 0.151. The van der Waals surface area contributed by atoms with E-state index in [-0.39, 0.29) is 6.54 Å². The molecule has 5 heteroatoms. The van der Waals surface area contributed by atoms with E-state index in [2.05, 4.69) is 5.32 Å². The van der Waals surface area contributed by atoms with E-state index in [1.54, 1.807) is 24.3 Å². The summed E-state index contributed by atoms with van der Waals surface area (Å²) in [5.41, 5.74) is 1.44. The lowest BCUT2D eigenvalue weighted by atomic mass is 10.1. The first kappa shape index (κ1) is 14.3. The Hall–Kier alpha value is -2.09. The van der Waals surface area contributed by atoms with Crippen LogP contribution in [0.4, 0.5) is 10.1 Å². The second kappa shape index (κ2) is 6.38. The average molecular weight is 291 g/mol. The summed E-state index contributed by atoms with van der Waals surface area (Å²) < 4.78 is 13.1. The van der Waals surface area contributed by atoms with Crippen molar-refractivity contribution in [3.05, 3.63) is 64.4 Å². The van der Waals surface area contributed by atoms with Crippen LogP contribution >= 0.6 is 11.6 Å². The number of hydrogen-bond donors (Lipinski definition) is 2. The maximum atomic E-state index is 13.1. The number of rotatable bonds is 4. The van der Waals surface area contributed by atoms with Crippen LogP contribution in [0.5, 0.6) is 0 Å². The van der Waals surface area contributed by atoms with Crippen molar-refractivity contribution < 1.29 is 9.50 Å². The summed E-state index contributed by atoms with van der Waals surface area (Å²) in [6.07, 6.45) is -0.878. The fourth-order valence-electron chi connectivity index (χ4n) is 1.80. The van der Waals surface area contributed by atoms with E-state index < -0.39 is 11.9 Å². The molecule has 0 aromatic heterocycles. The smallest absolute Gasteiger partial charge is 0.123 e. The third-order valence-electron chi connectivity index (χ3n) is 2.82. The highest BCUT2D eigenvalue weighted by molar-refractivity contribution is 6.30. The third kappa shape index (κ3) is 3.47. The van der Waals surface area contributed by atoms with Gasteiger partial charge in [0.15, 0.2) is 0 Å². The fraction of sp³-hybridized carbons (Fsp3) is 0.133. The standard InChI is InChI=1S/C15H12ClFN2O/c16-12-5-4-11(8-18)14(7-12)19-9-15(20)10-2-1-3-13(17)6-10/h1-7,15,19-20H,9H2. The minimum Gasteiger partial charge on any atom is -0.387 e. The second-order valence-electron chi connectivity index (χ2n) is 4.25. The van der Waals surface area contributed by atoms with Gasteiger partial charge in [-0.1, -0.05) is 23.7 Å². The van der Waals surface area contributed by atoms with Gasteiger partial charge in [0.05, 0.1) is 17.4 Å². The quantitative estimate of drug-likeness (QED) is 0.906. The van der Waals surface area contributed by atoms with Crippen molar-refractivity contribution in [1.82, 2.24) is 0 Å². The van der Waals surface area contributed by atoms with Gasteiger partial charge in [-0.25, -0.2) is 4.39 Å². The van der Waals surface area contributed by atoms with Crippen LogP contribution in [0.3, 0.4) is 0 Å². The van der Waals surface area contributed by atoms with Crippen LogP contribution in [0.25, 0.3) is 0 Å². The zero-order valence-corrected chi connectivity index (χ0v) is 11.2. The molecule has 0 aliphatic rings. The van der Waals surface area contributed by atoms with Gasteiger partial charge in [0.1, 0.15) is 11.9 Å². The van der Waals surface area contributed by atoms with Crippen LogP contribution in [-0.2, 0) is 0 Å². The Morgan fingerprint density at radius 3 is 2.80 bits per heavy atom. The Labute approximate surface area is 121 Å². The SMILES string of the molecule is N#Cc1ccc(Cl)cc1NCC(O)c1cccc(F)c1. The van der Waals surface area contributed by atoms with Crippen LogP contribution in [0.1, 0.15) is 17.2 Å². The van der Waals surface area contributed by atoms with E-state index in [0.717, 1.165) is 0 Å². The zero-order chi connectivity index (χ0) is 14.5. The number of nitrogens with one attached hydrogen (secondary N) is 1. The molecule has 0 aliphatic heterocycles. The van der Waals surface area contributed by atoms with E-state index in [4.69, 9.17) is 16.9 Å². The number of halogens is 2. The summed E-state index contributed by atoms with van der Waals surface area (Å²) in [5, 5.41) is 22.4. The number of benzene rings is 2. The monoisotopic (exact) mass is 290 g/mol. The third-order valence-corrected chi connectivity index (χ3v) is 3.06. The molecule has 3 nitrogen and oxygen atoms in total. The first-order valence-corrected chi connectivity index (χ1v) is 6.35. The molecule has 0 radical (unpaired) electrons. The summed E-state index contributed by atoms with van der Waals surface area (Å²) in [6, 6.07) is 12.6. The van der Waals surface area contributed by atoms with Crippen molar-refractivity contribution in [3.63, 3.8) is 0 Å². The summed E-state index contributed by atoms with van der Waals surface area (Å²) in [5.74, 6) is -0.401. The fourth-order valence-corrected chi connectivity index (χ4v) is 1.97. The highest BCUT2D eigenvalue weighted by Crippen LogP contribution is 2.22. The van der Waals surface area contributed by atoms with Crippen molar-refractivity contribution in [1.29, 1.82) is 5.26 Å². The van der Waals surface area contributed by atoms with Crippen LogP contribution in [0, 0.1) is 17.1 Å². The number of aliphatic hydroxyl groups is 1. The Kier molecular flexibility index (Phi) is 4.57. The molecule has 0 bridgehead atoms. The molecule has 0 fully saturated rings. The highest BCUT2D eigenvalue weighted by atomic mass is 35.5. The maximum Gasteiger partial charge on any atom is 0.123 e. The molecule has 2 rings (SSSR count). The molecule has 0 amide bonds. The predicted molar refractivity (Wildman–Crippen MR) is 76.0 cm³/mol. The summed E-state index contributed by atoms with van der Waals surface area (Å²) in [4.78, 5) is 0. The predicted octanol–water partition coefficient (Wildman–Crippen LogP) is 3.50. The lowest BCUT2D eigenvalue weighted by Crippen LogP contribution is -2.13. The minimum atomic E-state index is -0.878. The Morgan fingerprint density at radius 1 is 1.30 bits per heavy atom. The molecular weight excluding hydrogens is 279 g/mol. The molecule has 2 aromatic rings. The Balaban J connectivity index is 2.09. The lowest BCUT2D eigenvalue weighted by molar-refractivity contribution is 0.191. The van der Waals surface area contributed by atoms with Crippen molar-refractivity contribution in [2.75, 3.05) is 11.9 Å². The van der Waals surface area contributed by atoms with Crippen molar-refractivity contribution in [3.8, 4) is 6.07 Å². The van der Waals surface area contributed by atoms with E-state index in [1.807, 2.05) is 6.07 Å². The lowest BCUT2D eigenvalue weighted by Gasteiger charge is -2.14. The average Bonchev–Trinajstić information content (AvgIpc) is 2.45. The van der Waals surface area contributed by atoms with Crippen molar-refractivity contribution >= 4 is 17.3 Å². The van der Waals surface area contributed by atoms with E-state index >= 15 is 0 Å². The molecule has 0 saturated heterocycles. The van der Waals surface area contributed by atoms with Gasteiger partial charge in [-0.05, 0) is 35.9 Å².